The molecule has 0 fully saturated rings. The van der Waals surface area contributed by atoms with Crippen LogP contribution in [0.4, 0.5) is 5.69 Å². The molecule has 2 heterocycles. The molecule has 0 radical (unpaired) electrons. The minimum Gasteiger partial charge on any atom is -0.321 e. The number of aryl methyl sites for hydroxylation is 1. The highest BCUT2D eigenvalue weighted by molar-refractivity contribution is 7.13. The van der Waals surface area contributed by atoms with Crippen molar-refractivity contribution in [3.05, 3.63) is 95.5 Å². The summed E-state index contributed by atoms with van der Waals surface area (Å²) >= 11 is 1.65. The Labute approximate surface area is 162 Å². The zero-order valence-electron chi connectivity index (χ0n) is 14.8. The van der Waals surface area contributed by atoms with Crippen molar-refractivity contribution in [2.75, 3.05) is 5.32 Å². The highest BCUT2D eigenvalue weighted by Crippen LogP contribution is 2.31. The van der Waals surface area contributed by atoms with Gasteiger partial charge in [0, 0.05) is 21.7 Å². The first-order valence-corrected chi connectivity index (χ1v) is 9.57. The summed E-state index contributed by atoms with van der Waals surface area (Å²) in [5.41, 5.74) is 5.02. The van der Waals surface area contributed by atoms with Crippen LogP contribution in [0.5, 0.6) is 0 Å². The van der Waals surface area contributed by atoms with Crippen LogP contribution in [0.15, 0.2) is 84.2 Å². The standard InChI is InChI=1S/C23H18N2OS/c1-16-18(13-14-20(24-16)17-8-3-2-4-9-17)23(26)25-21-11-6-5-10-19(21)22-12-7-15-27-22/h2-15H,1H3,(H,25,26). The summed E-state index contributed by atoms with van der Waals surface area (Å²) in [6, 6.07) is 25.6. The molecule has 0 aliphatic carbocycles. The summed E-state index contributed by atoms with van der Waals surface area (Å²) in [6.45, 7) is 1.87. The smallest absolute Gasteiger partial charge is 0.257 e. The van der Waals surface area contributed by atoms with E-state index in [9.17, 15) is 4.79 Å². The predicted octanol–water partition coefficient (Wildman–Crippen LogP) is 6.04. The van der Waals surface area contributed by atoms with E-state index in [-0.39, 0.29) is 5.91 Å². The first-order valence-electron chi connectivity index (χ1n) is 8.70. The average molecular weight is 370 g/mol. The normalized spacial score (nSPS) is 10.6. The molecular formula is C23H18N2OS. The fourth-order valence-electron chi connectivity index (χ4n) is 3.00. The number of nitrogens with zero attached hydrogens (tertiary/aromatic N) is 1. The van der Waals surface area contributed by atoms with Crippen LogP contribution in [0.25, 0.3) is 21.7 Å². The van der Waals surface area contributed by atoms with Crippen molar-refractivity contribution in [1.82, 2.24) is 4.98 Å². The number of hydrogen-bond donors (Lipinski definition) is 1. The fourth-order valence-corrected chi connectivity index (χ4v) is 3.77. The monoisotopic (exact) mass is 370 g/mol. The van der Waals surface area contributed by atoms with Gasteiger partial charge in [0.15, 0.2) is 0 Å². The summed E-state index contributed by atoms with van der Waals surface area (Å²) in [5.74, 6) is -0.149. The molecule has 0 aliphatic heterocycles. The average Bonchev–Trinajstić information content (AvgIpc) is 3.23. The highest BCUT2D eigenvalue weighted by atomic mass is 32.1. The number of aromatic nitrogens is 1. The third-order valence-corrected chi connectivity index (χ3v) is 5.27. The molecule has 0 atom stereocenters. The van der Waals surface area contributed by atoms with Gasteiger partial charge >= 0.3 is 0 Å². The van der Waals surface area contributed by atoms with Gasteiger partial charge in [-0.05, 0) is 36.6 Å². The summed E-state index contributed by atoms with van der Waals surface area (Å²) in [6.07, 6.45) is 0. The molecule has 0 saturated heterocycles. The SMILES string of the molecule is Cc1nc(-c2ccccc2)ccc1C(=O)Nc1ccccc1-c1cccs1. The molecule has 0 aliphatic rings. The predicted molar refractivity (Wildman–Crippen MR) is 112 cm³/mol. The molecule has 4 rings (SSSR count). The molecule has 0 spiro atoms. The van der Waals surface area contributed by atoms with Gasteiger partial charge in [-0.15, -0.1) is 11.3 Å². The number of anilines is 1. The molecule has 27 heavy (non-hydrogen) atoms. The van der Waals surface area contributed by atoms with Gasteiger partial charge < -0.3 is 5.32 Å². The van der Waals surface area contributed by atoms with Crippen molar-refractivity contribution in [2.45, 2.75) is 6.92 Å². The minimum absolute atomic E-state index is 0.149. The molecule has 4 heteroatoms. The van der Waals surface area contributed by atoms with E-state index < -0.39 is 0 Å². The number of rotatable bonds is 4. The topological polar surface area (TPSA) is 42.0 Å². The van der Waals surface area contributed by atoms with Crippen LogP contribution in [0.2, 0.25) is 0 Å². The Morgan fingerprint density at radius 3 is 2.41 bits per heavy atom. The number of carbonyl (C=O) groups is 1. The molecule has 2 aromatic heterocycles. The Morgan fingerprint density at radius 2 is 1.67 bits per heavy atom. The van der Waals surface area contributed by atoms with E-state index in [1.54, 1.807) is 11.3 Å². The number of benzene rings is 2. The molecule has 3 nitrogen and oxygen atoms in total. The number of hydrogen-bond acceptors (Lipinski definition) is 3. The van der Waals surface area contributed by atoms with Gasteiger partial charge in [0.1, 0.15) is 0 Å². The maximum absolute atomic E-state index is 12.9. The van der Waals surface area contributed by atoms with Crippen molar-refractivity contribution < 1.29 is 4.79 Å². The summed E-state index contributed by atoms with van der Waals surface area (Å²) in [7, 11) is 0. The molecule has 0 unspecified atom stereocenters. The van der Waals surface area contributed by atoms with E-state index >= 15 is 0 Å². The number of thiophene rings is 1. The Bertz CT molecular complexity index is 1070. The number of para-hydroxylation sites is 1. The van der Waals surface area contributed by atoms with Crippen LogP contribution in [0, 0.1) is 6.92 Å². The van der Waals surface area contributed by atoms with E-state index in [1.807, 2.05) is 85.1 Å². The minimum atomic E-state index is -0.149. The van der Waals surface area contributed by atoms with Crippen LogP contribution >= 0.6 is 11.3 Å². The Kier molecular flexibility index (Phi) is 4.81. The highest BCUT2D eigenvalue weighted by Gasteiger charge is 2.14. The van der Waals surface area contributed by atoms with Gasteiger partial charge in [-0.1, -0.05) is 54.6 Å². The second-order valence-electron chi connectivity index (χ2n) is 6.17. The first kappa shape index (κ1) is 17.2. The van der Waals surface area contributed by atoms with Crippen molar-refractivity contribution in [3.8, 4) is 21.7 Å². The van der Waals surface area contributed by atoms with E-state index in [4.69, 9.17) is 0 Å². The lowest BCUT2D eigenvalue weighted by molar-refractivity contribution is 0.102. The Morgan fingerprint density at radius 1 is 0.889 bits per heavy atom. The van der Waals surface area contributed by atoms with E-state index in [0.717, 1.165) is 27.4 Å². The fraction of sp³-hybridized carbons (Fsp3) is 0.0435. The lowest BCUT2D eigenvalue weighted by atomic mass is 10.1. The van der Waals surface area contributed by atoms with Crippen LogP contribution in [-0.2, 0) is 0 Å². The van der Waals surface area contributed by atoms with E-state index in [1.165, 1.54) is 0 Å². The van der Waals surface area contributed by atoms with E-state index in [2.05, 4.69) is 16.4 Å². The lowest BCUT2D eigenvalue weighted by Gasteiger charge is -2.12. The maximum atomic E-state index is 12.9. The zero-order valence-corrected chi connectivity index (χ0v) is 15.7. The number of pyridine rings is 1. The Balaban J connectivity index is 1.61. The second-order valence-corrected chi connectivity index (χ2v) is 7.12. The lowest BCUT2D eigenvalue weighted by Crippen LogP contribution is -2.14. The molecule has 1 N–H and O–H groups in total. The summed E-state index contributed by atoms with van der Waals surface area (Å²) < 4.78 is 0. The molecule has 1 amide bonds. The third-order valence-electron chi connectivity index (χ3n) is 4.36. The summed E-state index contributed by atoms with van der Waals surface area (Å²) in [4.78, 5) is 18.6. The van der Waals surface area contributed by atoms with Gasteiger partial charge in [-0.2, -0.15) is 0 Å². The molecule has 0 saturated carbocycles. The Hall–Kier alpha value is -3.24. The maximum Gasteiger partial charge on any atom is 0.257 e. The summed E-state index contributed by atoms with van der Waals surface area (Å²) in [5, 5.41) is 5.07. The quantitative estimate of drug-likeness (QED) is 0.476. The third kappa shape index (κ3) is 3.66. The van der Waals surface area contributed by atoms with Gasteiger partial charge in [0.25, 0.3) is 5.91 Å². The van der Waals surface area contributed by atoms with Gasteiger partial charge in [0.05, 0.1) is 17.0 Å². The van der Waals surface area contributed by atoms with Crippen LogP contribution in [0.1, 0.15) is 16.1 Å². The van der Waals surface area contributed by atoms with Crippen LogP contribution in [0.3, 0.4) is 0 Å². The first-order chi connectivity index (χ1) is 13.2. The van der Waals surface area contributed by atoms with Crippen molar-refractivity contribution in [1.29, 1.82) is 0 Å². The largest absolute Gasteiger partial charge is 0.321 e. The number of amides is 1. The zero-order chi connectivity index (χ0) is 18.6. The van der Waals surface area contributed by atoms with Gasteiger partial charge in [-0.3, -0.25) is 9.78 Å². The molecule has 0 bridgehead atoms. The van der Waals surface area contributed by atoms with Crippen molar-refractivity contribution in [3.63, 3.8) is 0 Å². The van der Waals surface area contributed by atoms with Crippen molar-refractivity contribution >= 4 is 22.9 Å². The number of carbonyl (C=O) groups excluding carboxylic acids is 1. The van der Waals surface area contributed by atoms with Gasteiger partial charge in [0.2, 0.25) is 0 Å². The second kappa shape index (κ2) is 7.56. The molecule has 4 aromatic rings. The van der Waals surface area contributed by atoms with Crippen LogP contribution in [-0.4, -0.2) is 10.9 Å². The van der Waals surface area contributed by atoms with Crippen molar-refractivity contribution in [2.24, 2.45) is 0 Å². The van der Waals surface area contributed by atoms with Crippen LogP contribution < -0.4 is 5.32 Å². The van der Waals surface area contributed by atoms with E-state index in [0.29, 0.717) is 11.3 Å². The molecule has 2 aromatic carbocycles. The molecular weight excluding hydrogens is 352 g/mol. The van der Waals surface area contributed by atoms with Gasteiger partial charge in [-0.25, -0.2) is 0 Å². The number of nitrogens with one attached hydrogen (secondary N) is 1. The molecule has 132 valence electrons.